The summed E-state index contributed by atoms with van der Waals surface area (Å²) >= 11 is 0. The summed E-state index contributed by atoms with van der Waals surface area (Å²) in [7, 11) is -1.09. The average Bonchev–Trinajstić information content (AvgIpc) is 2.62. The van der Waals surface area contributed by atoms with Gasteiger partial charge in [0.05, 0.1) is 16.6 Å². The Morgan fingerprint density at radius 2 is 1.82 bits per heavy atom. The molecule has 0 aromatic heterocycles. The van der Waals surface area contributed by atoms with Crippen molar-refractivity contribution in [1.29, 1.82) is 0 Å². The fraction of sp³-hybridized carbons (Fsp3) is 1.00. The molecule has 0 atom stereocenters. The summed E-state index contributed by atoms with van der Waals surface area (Å²) in [5.74, 6) is 0.178. The molecule has 0 aromatic carbocycles. The highest BCUT2D eigenvalue weighted by atomic mass is 32.2. The molecule has 1 saturated carbocycles. The van der Waals surface area contributed by atoms with Crippen molar-refractivity contribution in [2.24, 2.45) is 0 Å². The van der Waals surface area contributed by atoms with Crippen molar-refractivity contribution in [3.8, 4) is 0 Å². The molecule has 0 heterocycles. The SMILES string of the molecule is CC(C)S(=O)(=O)CCN(C)CC1(O)CCCC1. The van der Waals surface area contributed by atoms with Gasteiger partial charge in [-0.25, -0.2) is 8.42 Å². The van der Waals surface area contributed by atoms with Crippen LogP contribution in [0.3, 0.4) is 0 Å². The molecule has 1 aliphatic carbocycles. The Bertz CT molecular complexity index is 332. The number of hydrogen-bond acceptors (Lipinski definition) is 4. The van der Waals surface area contributed by atoms with E-state index >= 15 is 0 Å². The number of hydrogen-bond donors (Lipinski definition) is 1. The van der Waals surface area contributed by atoms with Crippen LogP contribution in [0.4, 0.5) is 0 Å². The van der Waals surface area contributed by atoms with Crippen molar-refractivity contribution in [2.75, 3.05) is 25.9 Å². The lowest BCUT2D eigenvalue weighted by atomic mass is 10.0. The lowest BCUT2D eigenvalue weighted by Crippen LogP contribution is -2.41. The quantitative estimate of drug-likeness (QED) is 0.778. The average molecular weight is 263 g/mol. The normalized spacial score (nSPS) is 20.4. The van der Waals surface area contributed by atoms with Gasteiger partial charge >= 0.3 is 0 Å². The van der Waals surface area contributed by atoms with Gasteiger partial charge in [0.25, 0.3) is 0 Å². The Morgan fingerprint density at radius 1 is 1.29 bits per heavy atom. The van der Waals surface area contributed by atoms with E-state index in [4.69, 9.17) is 0 Å². The van der Waals surface area contributed by atoms with Crippen molar-refractivity contribution in [1.82, 2.24) is 4.90 Å². The van der Waals surface area contributed by atoms with Crippen LogP contribution < -0.4 is 0 Å². The number of sulfone groups is 1. The zero-order chi connectivity index (χ0) is 13.1. The van der Waals surface area contributed by atoms with Gasteiger partial charge < -0.3 is 10.0 Å². The van der Waals surface area contributed by atoms with Gasteiger partial charge in [-0.1, -0.05) is 12.8 Å². The molecule has 5 heteroatoms. The molecule has 1 N–H and O–H groups in total. The minimum absolute atomic E-state index is 0.178. The molecule has 0 aliphatic heterocycles. The van der Waals surface area contributed by atoms with Crippen LogP contribution in [-0.2, 0) is 9.84 Å². The molecule has 1 aliphatic rings. The number of likely N-dealkylation sites (N-methyl/N-ethyl adjacent to an activating group) is 1. The molecule has 1 fully saturated rings. The van der Waals surface area contributed by atoms with Crippen LogP contribution in [0.5, 0.6) is 0 Å². The van der Waals surface area contributed by atoms with Crippen molar-refractivity contribution in [3.63, 3.8) is 0 Å². The molecular formula is C12H25NO3S. The number of rotatable bonds is 6. The van der Waals surface area contributed by atoms with Crippen molar-refractivity contribution in [3.05, 3.63) is 0 Å². The molecule has 0 saturated heterocycles. The van der Waals surface area contributed by atoms with E-state index in [2.05, 4.69) is 0 Å². The van der Waals surface area contributed by atoms with Crippen LogP contribution in [0.2, 0.25) is 0 Å². The first kappa shape index (κ1) is 14.9. The van der Waals surface area contributed by atoms with Crippen LogP contribution in [0.15, 0.2) is 0 Å². The lowest BCUT2D eigenvalue weighted by Gasteiger charge is -2.28. The van der Waals surface area contributed by atoms with Crippen LogP contribution >= 0.6 is 0 Å². The van der Waals surface area contributed by atoms with Crippen molar-refractivity contribution < 1.29 is 13.5 Å². The Balaban J connectivity index is 2.38. The van der Waals surface area contributed by atoms with Crippen LogP contribution in [-0.4, -0.2) is 55.2 Å². The predicted octanol–water partition coefficient (Wildman–Crippen LogP) is 1.05. The van der Waals surface area contributed by atoms with E-state index < -0.39 is 15.4 Å². The molecule has 0 aromatic rings. The number of nitrogens with zero attached hydrogens (tertiary/aromatic N) is 1. The first-order valence-electron chi connectivity index (χ1n) is 6.38. The Hall–Kier alpha value is -0.130. The van der Waals surface area contributed by atoms with Gasteiger partial charge in [0.2, 0.25) is 0 Å². The van der Waals surface area contributed by atoms with Gasteiger partial charge in [-0.15, -0.1) is 0 Å². The maximum atomic E-state index is 11.7. The Morgan fingerprint density at radius 3 is 2.29 bits per heavy atom. The van der Waals surface area contributed by atoms with Crippen molar-refractivity contribution in [2.45, 2.75) is 50.4 Å². The molecule has 0 bridgehead atoms. The van der Waals surface area contributed by atoms with Gasteiger partial charge in [0, 0.05) is 13.1 Å². The third kappa shape index (κ3) is 4.56. The smallest absolute Gasteiger partial charge is 0.153 e. The largest absolute Gasteiger partial charge is 0.389 e. The summed E-state index contributed by atoms with van der Waals surface area (Å²) in [5, 5.41) is 9.89. The monoisotopic (exact) mass is 263 g/mol. The fourth-order valence-electron chi connectivity index (χ4n) is 2.29. The summed E-state index contributed by atoms with van der Waals surface area (Å²) in [4.78, 5) is 1.94. The predicted molar refractivity (Wildman–Crippen MR) is 69.8 cm³/mol. The second kappa shape index (κ2) is 5.67. The Kier molecular flexibility index (Phi) is 4.98. The maximum absolute atomic E-state index is 11.7. The summed E-state index contributed by atoms with van der Waals surface area (Å²) in [6, 6.07) is 0. The van der Waals surface area contributed by atoms with Gasteiger partial charge in [0.15, 0.2) is 9.84 Å². The second-order valence-corrected chi connectivity index (χ2v) is 8.26. The summed E-state index contributed by atoms with van der Waals surface area (Å²) < 4.78 is 23.3. The molecule has 17 heavy (non-hydrogen) atoms. The van der Waals surface area contributed by atoms with E-state index in [0.717, 1.165) is 25.7 Å². The standard InChI is InChI=1S/C12H25NO3S/c1-11(2)17(15,16)9-8-13(3)10-12(14)6-4-5-7-12/h11,14H,4-10H2,1-3H3. The van der Waals surface area contributed by atoms with E-state index in [9.17, 15) is 13.5 Å². The topological polar surface area (TPSA) is 57.6 Å². The summed E-state index contributed by atoms with van der Waals surface area (Å²) in [6.07, 6.45) is 3.84. The molecule has 0 unspecified atom stereocenters. The fourth-order valence-corrected chi connectivity index (χ4v) is 3.33. The minimum Gasteiger partial charge on any atom is -0.389 e. The zero-order valence-electron chi connectivity index (χ0n) is 11.1. The van der Waals surface area contributed by atoms with E-state index in [-0.39, 0.29) is 11.0 Å². The zero-order valence-corrected chi connectivity index (χ0v) is 12.0. The molecular weight excluding hydrogens is 238 g/mol. The maximum Gasteiger partial charge on any atom is 0.153 e. The Labute approximate surface area is 105 Å². The minimum atomic E-state index is -2.97. The van der Waals surface area contributed by atoms with Crippen molar-refractivity contribution >= 4 is 9.84 Å². The van der Waals surface area contributed by atoms with Crippen LogP contribution in [0, 0.1) is 0 Å². The molecule has 0 spiro atoms. The van der Waals surface area contributed by atoms with Gasteiger partial charge in [-0.3, -0.25) is 0 Å². The lowest BCUT2D eigenvalue weighted by molar-refractivity contribution is 0.0178. The molecule has 4 nitrogen and oxygen atoms in total. The van der Waals surface area contributed by atoms with E-state index in [1.54, 1.807) is 13.8 Å². The van der Waals surface area contributed by atoms with E-state index in [0.29, 0.717) is 13.1 Å². The van der Waals surface area contributed by atoms with Gasteiger partial charge in [-0.05, 0) is 33.7 Å². The highest BCUT2D eigenvalue weighted by Gasteiger charge is 2.32. The number of aliphatic hydroxyl groups is 1. The first-order chi connectivity index (χ1) is 7.75. The molecule has 0 amide bonds. The third-order valence-electron chi connectivity index (χ3n) is 3.57. The summed E-state index contributed by atoms with van der Waals surface area (Å²) in [6.45, 7) is 4.50. The van der Waals surface area contributed by atoms with Gasteiger partial charge in [0.1, 0.15) is 0 Å². The first-order valence-corrected chi connectivity index (χ1v) is 8.09. The van der Waals surface area contributed by atoms with E-state index in [1.807, 2.05) is 11.9 Å². The second-order valence-electron chi connectivity index (χ2n) is 5.58. The summed E-state index contributed by atoms with van der Waals surface area (Å²) in [5.41, 5.74) is -0.587. The van der Waals surface area contributed by atoms with Gasteiger partial charge in [-0.2, -0.15) is 0 Å². The van der Waals surface area contributed by atoms with E-state index in [1.165, 1.54) is 0 Å². The highest BCUT2D eigenvalue weighted by molar-refractivity contribution is 7.92. The van der Waals surface area contributed by atoms with Crippen LogP contribution in [0.1, 0.15) is 39.5 Å². The van der Waals surface area contributed by atoms with Crippen LogP contribution in [0.25, 0.3) is 0 Å². The highest BCUT2D eigenvalue weighted by Crippen LogP contribution is 2.29. The molecule has 1 rings (SSSR count). The molecule has 102 valence electrons. The molecule has 0 radical (unpaired) electrons. The third-order valence-corrected chi connectivity index (χ3v) is 5.76.